The van der Waals surface area contributed by atoms with Gasteiger partial charge in [-0.1, -0.05) is 133 Å². The summed E-state index contributed by atoms with van der Waals surface area (Å²) in [6, 6.07) is 55.9. The lowest BCUT2D eigenvalue weighted by atomic mass is 9.87. The molecule has 2 nitrogen and oxygen atoms in total. The molecule has 0 N–H and O–H groups in total. The fourth-order valence-electron chi connectivity index (χ4n) is 7.01. The highest BCUT2D eigenvalue weighted by Gasteiger charge is 2.16. The third-order valence-electron chi connectivity index (χ3n) is 9.12. The average molecular weight is 572 g/mol. The maximum absolute atomic E-state index is 9.64. The van der Waals surface area contributed by atoms with E-state index in [0.29, 0.717) is 11.1 Å². The maximum Gasteiger partial charge on any atom is 0.153 e. The van der Waals surface area contributed by atoms with Gasteiger partial charge in [-0.25, -0.2) is 0 Å². The topological polar surface area (TPSA) is 36.9 Å². The van der Waals surface area contributed by atoms with Gasteiger partial charge in [-0.05, 0) is 78.3 Å². The summed E-state index contributed by atoms with van der Waals surface area (Å²) in [5.74, 6) is 0. The van der Waals surface area contributed by atoms with Crippen molar-refractivity contribution < 1.29 is 4.42 Å². The van der Waals surface area contributed by atoms with Gasteiger partial charge in [0.1, 0.15) is 11.7 Å². The fraction of sp³-hybridized carbons (Fsp3) is 0. The smallest absolute Gasteiger partial charge is 0.153 e. The van der Waals surface area contributed by atoms with E-state index in [0.717, 1.165) is 33.0 Å². The molecular weight excluding hydrogens is 546 g/mol. The first-order chi connectivity index (χ1) is 22.3. The van der Waals surface area contributed by atoms with Crippen LogP contribution < -0.4 is 0 Å². The van der Waals surface area contributed by atoms with Gasteiger partial charge in [0.25, 0.3) is 0 Å². The molecule has 0 saturated heterocycles. The standard InChI is InChI=1S/C43H25NO/c44-26-30-12-8-18-36-37-19-9-17-31(43(37)45-42(30)36)28-20-22-29(23-21-28)39-25-41-34-15-6-4-13-32(34)38(27-10-2-1-3-11-27)24-40(41)35-16-7-5-14-33(35)39/h1-25H. The number of nitrogens with zero attached hydrogens (tertiary/aromatic N) is 1. The minimum atomic E-state index is 0.552. The highest BCUT2D eigenvalue weighted by atomic mass is 16.3. The number of rotatable bonds is 3. The molecule has 0 bridgehead atoms. The minimum absolute atomic E-state index is 0.552. The SMILES string of the molecule is N#Cc1cccc2c1oc1c(-c3ccc(-c4cc5c6ccccc6c(-c6ccccc6)cc5c5ccccc45)cc3)cccc12. The number of benzene rings is 8. The van der Waals surface area contributed by atoms with Crippen LogP contribution in [0.15, 0.2) is 156 Å². The summed E-state index contributed by atoms with van der Waals surface area (Å²) >= 11 is 0. The first-order valence-electron chi connectivity index (χ1n) is 15.2. The summed E-state index contributed by atoms with van der Waals surface area (Å²) < 4.78 is 6.34. The van der Waals surface area contributed by atoms with Crippen molar-refractivity contribution in [3.63, 3.8) is 0 Å². The largest absolute Gasteiger partial charge is 0.454 e. The van der Waals surface area contributed by atoms with Gasteiger partial charge in [0.15, 0.2) is 5.58 Å². The Bertz CT molecular complexity index is 2640. The van der Waals surface area contributed by atoms with E-state index in [1.807, 2.05) is 12.1 Å². The highest BCUT2D eigenvalue weighted by molar-refractivity contribution is 6.24. The lowest BCUT2D eigenvalue weighted by Crippen LogP contribution is -1.89. The molecule has 0 amide bonds. The molecule has 2 heteroatoms. The molecule has 0 fully saturated rings. The van der Waals surface area contributed by atoms with Crippen LogP contribution in [0, 0.1) is 11.3 Å². The van der Waals surface area contributed by atoms with Crippen LogP contribution in [0.25, 0.3) is 87.6 Å². The first kappa shape index (κ1) is 25.3. The highest BCUT2D eigenvalue weighted by Crippen LogP contribution is 2.42. The van der Waals surface area contributed by atoms with Gasteiger partial charge in [-0.15, -0.1) is 0 Å². The number of nitriles is 1. The summed E-state index contributed by atoms with van der Waals surface area (Å²) in [5.41, 5.74) is 8.94. The van der Waals surface area contributed by atoms with Crippen LogP contribution in [-0.2, 0) is 0 Å². The van der Waals surface area contributed by atoms with Crippen LogP contribution in [0.3, 0.4) is 0 Å². The Morgan fingerprint density at radius 2 is 0.822 bits per heavy atom. The van der Waals surface area contributed by atoms with Crippen molar-refractivity contribution in [2.24, 2.45) is 0 Å². The van der Waals surface area contributed by atoms with E-state index in [2.05, 4.69) is 140 Å². The van der Waals surface area contributed by atoms with E-state index >= 15 is 0 Å². The van der Waals surface area contributed by atoms with Gasteiger partial charge in [-0.2, -0.15) is 5.26 Å². The van der Waals surface area contributed by atoms with Crippen molar-refractivity contribution in [3.05, 3.63) is 157 Å². The van der Waals surface area contributed by atoms with Gasteiger partial charge in [0.2, 0.25) is 0 Å². The second-order valence-corrected chi connectivity index (χ2v) is 11.6. The molecule has 0 unspecified atom stereocenters. The lowest BCUT2D eigenvalue weighted by molar-refractivity contribution is 0.668. The molecule has 45 heavy (non-hydrogen) atoms. The van der Waals surface area contributed by atoms with Crippen LogP contribution in [0.5, 0.6) is 0 Å². The lowest BCUT2D eigenvalue weighted by Gasteiger charge is -2.16. The number of fused-ring (bicyclic) bond motifs is 8. The molecule has 8 aromatic carbocycles. The summed E-state index contributed by atoms with van der Waals surface area (Å²) in [4.78, 5) is 0. The molecule has 9 aromatic rings. The van der Waals surface area contributed by atoms with Crippen LogP contribution in [0.4, 0.5) is 0 Å². The molecule has 0 atom stereocenters. The summed E-state index contributed by atoms with van der Waals surface area (Å²) in [6.45, 7) is 0. The molecule has 0 aliphatic rings. The molecule has 0 spiro atoms. The molecule has 208 valence electrons. The molecule has 0 aliphatic carbocycles. The van der Waals surface area contributed by atoms with Crippen LogP contribution in [0.2, 0.25) is 0 Å². The molecule has 9 rings (SSSR count). The van der Waals surface area contributed by atoms with Gasteiger partial charge < -0.3 is 4.42 Å². The second-order valence-electron chi connectivity index (χ2n) is 11.6. The Morgan fingerprint density at radius 3 is 1.42 bits per heavy atom. The average Bonchev–Trinajstić information content (AvgIpc) is 3.51. The predicted molar refractivity (Wildman–Crippen MR) is 187 cm³/mol. The monoisotopic (exact) mass is 571 g/mol. The predicted octanol–water partition coefficient (Wildman–Crippen LogP) is 11.9. The van der Waals surface area contributed by atoms with Crippen molar-refractivity contribution in [1.29, 1.82) is 5.26 Å². The number of hydrogen-bond acceptors (Lipinski definition) is 2. The quantitative estimate of drug-likeness (QED) is 0.198. The van der Waals surface area contributed by atoms with Gasteiger partial charge in [-0.3, -0.25) is 0 Å². The zero-order chi connectivity index (χ0) is 29.9. The van der Waals surface area contributed by atoms with Crippen molar-refractivity contribution in [1.82, 2.24) is 0 Å². The van der Waals surface area contributed by atoms with E-state index < -0.39 is 0 Å². The Labute approximate surface area is 260 Å². The minimum Gasteiger partial charge on any atom is -0.454 e. The van der Waals surface area contributed by atoms with Crippen molar-refractivity contribution >= 4 is 54.3 Å². The van der Waals surface area contributed by atoms with Gasteiger partial charge in [0.05, 0.1) is 5.56 Å². The second kappa shape index (κ2) is 9.95. The van der Waals surface area contributed by atoms with E-state index in [-0.39, 0.29) is 0 Å². The number of hydrogen-bond donors (Lipinski definition) is 0. The van der Waals surface area contributed by atoms with E-state index in [9.17, 15) is 5.26 Å². The Kier molecular flexibility index (Phi) is 5.60. The Hall–Kier alpha value is -6.17. The third kappa shape index (κ3) is 3.88. The first-order valence-corrected chi connectivity index (χ1v) is 15.2. The number of para-hydroxylation sites is 2. The molecule has 0 aliphatic heterocycles. The third-order valence-corrected chi connectivity index (χ3v) is 9.12. The molecular formula is C43H25NO. The van der Waals surface area contributed by atoms with Crippen molar-refractivity contribution in [2.75, 3.05) is 0 Å². The Morgan fingerprint density at radius 1 is 0.356 bits per heavy atom. The van der Waals surface area contributed by atoms with Gasteiger partial charge >= 0.3 is 0 Å². The normalized spacial score (nSPS) is 11.5. The molecule has 1 aromatic heterocycles. The molecule has 1 heterocycles. The van der Waals surface area contributed by atoms with Crippen LogP contribution in [0.1, 0.15) is 5.56 Å². The van der Waals surface area contributed by atoms with Crippen LogP contribution >= 0.6 is 0 Å². The fourth-order valence-corrected chi connectivity index (χ4v) is 7.01. The van der Waals surface area contributed by atoms with Crippen LogP contribution in [-0.4, -0.2) is 0 Å². The maximum atomic E-state index is 9.64. The number of furan rings is 1. The van der Waals surface area contributed by atoms with Crippen molar-refractivity contribution in [2.45, 2.75) is 0 Å². The van der Waals surface area contributed by atoms with Crippen molar-refractivity contribution in [3.8, 4) is 39.4 Å². The zero-order valence-electron chi connectivity index (χ0n) is 24.3. The summed E-state index contributed by atoms with van der Waals surface area (Å²) in [5, 5.41) is 19.1. The molecule has 0 radical (unpaired) electrons. The Balaban J connectivity index is 1.24. The van der Waals surface area contributed by atoms with Gasteiger partial charge in [0, 0.05) is 16.3 Å². The molecule has 0 saturated carbocycles. The van der Waals surface area contributed by atoms with E-state index in [1.54, 1.807) is 6.07 Å². The van der Waals surface area contributed by atoms with E-state index in [4.69, 9.17) is 4.42 Å². The summed E-state index contributed by atoms with van der Waals surface area (Å²) in [6.07, 6.45) is 0. The van der Waals surface area contributed by atoms with E-state index in [1.165, 1.54) is 49.0 Å². The summed E-state index contributed by atoms with van der Waals surface area (Å²) in [7, 11) is 0. The zero-order valence-corrected chi connectivity index (χ0v) is 24.3.